The second-order valence-corrected chi connectivity index (χ2v) is 5.97. The SMILES string of the molecule is CC[C@H](OC(C)=O)[C@H](C)C(=O)N1C(=O)OC[C@H]1Cc1ccccc1. The van der Waals surface area contributed by atoms with Crippen molar-refractivity contribution in [2.24, 2.45) is 5.92 Å². The molecule has 0 aliphatic carbocycles. The van der Waals surface area contributed by atoms with Crippen LogP contribution in [0.3, 0.4) is 0 Å². The van der Waals surface area contributed by atoms with E-state index in [1.54, 1.807) is 6.92 Å². The number of carbonyl (C=O) groups excluding carboxylic acids is 3. The van der Waals surface area contributed by atoms with Crippen LogP contribution in [0.5, 0.6) is 0 Å². The van der Waals surface area contributed by atoms with Crippen molar-refractivity contribution in [3.05, 3.63) is 35.9 Å². The molecule has 3 atom stereocenters. The van der Waals surface area contributed by atoms with Gasteiger partial charge in [0.2, 0.25) is 5.91 Å². The maximum atomic E-state index is 12.8. The van der Waals surface area contributed by atoms with Gasteiger partial charge in [-0.3, -0.25) is 9.59 Å². The molecule has 0 bridgehead atoms. The molecular formula is C18H23NO5. The van der Waals surface area contributed by atoms with Crippen LogP contribution in [0.15, 0.2) is 30.3 Å². The van der Waals surface area contributed by atoms with Crippen LogP contribution in [-0.4, -0.2) is 41.6 Å². The molecule has 6 heteroatoms. The lowest BCUT2D eigenvalue weighted by atomic mass is 9.99. The second-order valence-electron chi connectivity index (χ2n) is 5.97. The third-order valence-electron chi connectivity index (χ3n) is 4.18. The molecular weight excluding hydrogens is 310 g/mol. The molecule has 0 unspecified atom stereocenters. The number of benzene rings is 1. The van der Waals surface area contributed by atoms with Crippen LogP contribution in [0.1, 0.15) is 32.8 Å². The van der Waals surface area contributed by atoms with Crippen molar-refractivity contribution in [3.8, 4) is 0 Å². The summed E-state index contributed by atoms with van der Waals surface area (Å²) in [4.78, 5) is 37.2. The number of carbonyl (C=O) groups is 3. The lowest BCUT2D eigenvalue weighted by molar-refractivity contribution is -0.153. The van der Waals surface area contributed by atoms with Crippen molar-refractivity contribution in [1.82, 2.24) is 4.90 Å². The molecule has 0 aromatic heterocycles. The van der Waals surface area contributed by atoms with Crippen LogP contribution in [0.25, 0.3) is 0 Å². The van der Waals surface area contributed by atoms with E-state index >= 15 is 0 Å². The molecule has 1 aromatic carbocycles. The van der Waals surface area contributed by atoms with Crippen molar-refractivity contribution in [3.63, 3.8) is 0 Å². The number of imide groups is 1. The molecule has 2 rings (SSSR count). The van der Waals surface area contributed by atoms with E-state index in [2.05, 4.69) is 0 Å². The highest BCUT2D eigenvalue weighted by Gasteiger charge is 2.41. The number of hydrogen-bond acceptors (Lipinski definition) is 5. The summed E-state index contributed by atoms with van der Waals surface area (Å²) in [5.74, 6) is -1.42. The summed E-state index contributed by atoms with van der Waals surface area (Å²) >= 11 is 0. The van der Waals surface area contributed by atoms with Gasteiger partial charge in [-0.15, -0.1) is 0 Å². The monoisotopic (exact) mass is 333 g/mol. The fourth-order valence-electron chi connectivity index (χ4n) is 2.90. The number of hydrogen-bond donors (Lipinski definition) is 0. The van der Waals surface area contributed by atoms with Gasteiger partial charge in [0.05, 0.1) is 12.0 Å². The Morgan fingerprint density at radius 3 is 2.58 bits per heavy atom. The van der Waals surface area contributed by atoms with Crippen LogP contribution < -0.4 is 0 Å². The second kappa shape index (κ2) is 7.95. The molecule has 0 radical (unpaired) electrons. The quantitative estimate of drug-likeness (QED) is 0.748. The summed E-state index contributed by atoms with van der Waals surface area (Å²) < 4.78 is 10.3. The number of ether oxygens (including phenoxy) is 2. The minimum absolute atomic E-state index is 0.177. The van der Waals surface area contributed by atoms with Gasteiger partial charge >= 0.3 is 12.1 Å². The molecule has 0 N–H and O–H groups in total. The number of esters is 1. The Morgan fingerprint density at radius 1 is 1.33 bits per heavy atom. The summed E-state index contributed by atoms with van der Waals surface area (Å²) in [5, 5.41) is 0. The Bertz CT molecular complexity index is 601. The third kappa shape index (κ3) is 4.13. The van der Waals surface area contributed by atoms with Crippen molar-refractivity contribution < 1.29 is 23.9 Å². The summed E-state index contributed by atoms with van der Waals surface area (Å²) in [6.07, 6.45) is -0.153. The zero-order valence-corrected chi connectivity index (χ0v) is 14.2. The van der Waals surface area contributed by atoms with Crippen LogP contribution in [-0.2, 0) is 25.5 Å². The van der Waals surface area contributed by atoms with Gasteiger partial charge in [0.1, 0.15) is 12.7 Å². The fraction of sp³-hybridized carbons (Fsp3) is 0.500. The molecule has 130 valence electrons. The first-order chi connectivity index (χ1) is 11.4. The zero-order chi connectivity index (χ0) is 17.7. The van der Waals surface area contributed by atoms with Crippen molar-refractivity contribution in [2.45, 2.75) is 45.8 Å². The minimum Gasteiger partial charge on any atom is -0.462 e. The van der Waals surface area contributed by atoms with E-state index < -0.39 is 24.1 Å². The molecule has 2 amide bonds. The Labute approximate surface area is 141 Å². The predicted octanol–water partition coefficient (Wildman–Crippen LogP) is 2.55. The third-order valence-corrected chi connectivity index (χ3v) is 4.18. The highest BCUT2D eigenvalue weighted by molar-refractivity contribution is 5.95. The van der Waals surface area contributed by atoms with Crippen molar-refractivity contribution in [1.29, 1.82) is 0 Å². The molecule has 24 heavy (non-hydrogen) atoms. The van der Waals surface area contributed by atoms with Crippen LogP contribution in [0.4, 0.5) is 4.79 Å². The lowest BCUT2D eigenvalue weighted by Gasteiger charge is -2.27. The summed E-state index contributed by atoms with van der Waals surface area (Å²) in [6, 6.07) is 9.29. The highest BCUT2D eigenvalue weighted by Crippen LogP contribution is 2.23. The van der Waals surface area contributed by atoms with Crippen LogP contribution in [0.2, 0.25) is 0 Å². The van der Waals surface area contributed by atoms with Gasteiger partial charge in [-0.1, -0.05) is 44.2 Å². The standard InChI is InChI=1S/C18H23NO5/c1-4-16(24-13(3)20)12(2)17(21)19-15(11-23-18(19)22)10-14-8-6-5-7-9-14/h5-9,12,15-16H,4,10-11H2,1-3H3/t12-,15+,16-/m0/s1. The number of rotatable bonds is 6. The number of cyclic esters (lactones) is 1. The van der Waals surface area contributed by atoms with Crippen molar-refractivity contribution >= 4 is 18.0 Å². The molecule has 1 aromatic rings. The Balaban J connectivity index is 2.12. The van der Waals surface area contributed by atoms with E-state index in [9.17, 15) is 14.4 Å². The topological polar surface area (TPSA) is 72.9 Å². The Kier molecular flexibility index (Phi) is 5.95. The van der Waals surface area contributed by atoms with Gasteiger partial charge in [0.15, 0.2) is 0 Å². The predicted molar refractivity (Wildman–Crippen MR) is 87.1 cm³/mol. The average Bonchev–Trinajstić information content (AvgIpc) is 2.92. The number of amides is 2. The zero-order valence-electron chi connectivity index (χ0n) is 14.2. The molecule has 0 saturated carbocycles. The van der Waals surface area contributed by atoms with E-state index in [4.69, 9.17) is 9.47 Å². The first-order valence-corrected chi connectivity index (χ1v) is 8.15. The molecule has 0 spiro atoms. The van der Waals surface area contributed by atoms with E-state index in [1.165, 1.54) is 11.8 Å². The normalized spacial score (nSPS) is 19.5. The maximum Gasteiger partial charge on any atom is 0.416 e. The number of nitrogens with zero attached hydrogens (tertiary/aromatic N) is 1. The van der Waals surface area contributed by atoms with E-state index in [0.29, 0.717) is 12.8 Å². The minimum atomic E-state index is -0.634. The van der Waals surface area contributed by atoms with Gasteiger partial charge in [0.25, 0.3) is 0 Å². The molecule has 1 aliphatic heterocycles. The largest absolute Gasteiger partial charge is 0.462 e. The van der Waals surface area contributed by atoms with E-state index in [-0.39, 0.29) is 18.6 Å². The van der Waals surface area contributed by atoms with Gasteiger partial charge in [-0.2, -0.15) is 0 Å². The van der Waals surface area contributed by atoms with Gasteiger partial charge in [0, 0.05) is 6.92 Å². The first kappa shape index (κ1) is 18.0. The molecule has 1 heterocycles. The van der Waals surface area contributed by atoms with Gasteiger partial charge in [-0.25, -0.2) is 9.69 Å². The molecule has 1 saturated heterocycles. The van der Waals surface area contributed by atoms with Crippen LogP contribution in [0, 0.1) is 5.92 Å². The summed E-state index contributed by atoms with van der Waals surface area (Å²) in [6.45, 7) is 4.99. The molecule has 6 nitrogen and oxygen atoms in total. The van der Waals surface area contributed by atoms with Gasteiger partial charge < -0.3 is 9.47 Å². The fourth-order valence-corrected chi connectivity index (χ4v) is 2.90. The summed E-state index contributed by atoms with van der Waals surface area (Å²) in [7, 11) is 0. The van der Waals surface area contributed by atoms with Crippen LogP contribution >= 0.6 is 0 Å². The average molecular weight is 333 g/mol. The smallest absolute Gasteiger partial charge is 0.416 e. The van der Waals surface area contributed by atoms with Gasteiger partial charge in [-0.05, 0) is 18.4 Å². The van der Waals surface area contributed by atoms with E-state index in [1.807, 2.05) is 37.3 Å². The van der Waals surface area contributed by atoms with Crippen molar-refractivity contribution in [2.75, 3.05) is 6.61 Å². The highest BCUT2D eigenvalue weighted by atomic mass is 16.6. The summed E-state index contributed by atoms with van der Waals surface area (Å²) in [5.41, 5.74) is 1.03. The molecule has 1 fully saturated rings. The Hall–Kier alpha value is -2.37. The Morgan fingerprint density at radius 2 is 2.00 bits per heavy atom. The van der Waals surface area contributed by atoms with E-state index in [0.717, 1.165) is 5.56 Å². The lowest BCUT2D eigenvalue weighted by Crippen LogP contribution is -2.46. The maximum absolute atomic E-state index is 12.8. The first-order valence-electron chi connectivity index (χ1n) is 8.15. The molecule has 1 aliphatic rings.